The van der Waals surface area contributed by atoms with Gasteiger partial charge < -0.3 is 4.74 Å². The Morgan fingerprint density at radius 1 is 1.11 bits per heavy atom. The molecule has 1 aromatic rings. The highest BCUT2D eigenvalue weighted by atomic mass is 19.1. The van der Waals surface area contributed by atoms with E-state index in [-0.39, 0.29) is 0 Å². The Bertz CT molecular complexity index is 550. The maximum absolute atomic E-state index is 13.3. The number of halogens is 2. The summed E-state index contributed by atoms with van der Waals surface area (Å²) in [5.74, 6) is -0.510. The molecule has 0 aromatic heterocycles. The minimum atomic E-state index is -0.569. The number of rotatable bonds is 4. The number of hydrogen-bond donors (Lipinski definition) is 0. The number of ether oxygens (including phenoxy) is 1. The van der Waals surface area contributed by atoms with Crippen molar-refractivity contribution in [2.75, 3.05) is 6.61 Å². The molecule has 0 spiro atoms. The maximum atomic E-state index is 13.3. The van der Waals surface area contributed by atoms with Gasteiger partial charge in [0.1, 0.15) is 11.6 Å². The van der Waals surface area contributed by atoms with Gasteiger partial charge in [0.25, 0.3) is 0 Å². The summed E-state index contributed by atoms with van der Waals surface area (Å²) in [5.41, 5.74) is 3.38. The second-order valence-electron chi connectivity index (χ2n) is 3.75. The zero-order valence-corrected chi connectivity index (χ0v) is 9.70. The Hall–Kier alpha value is -2.12. The largest absolute Gasteiger partial charge is 0.486 e. The summed E-state index contributed by atoms with van der Waals surface area (Å²) in [6.45, 7) is 0.322. The van der Waals surface area contributed by atoms with Crippen LogP contribution in [0.1, 0.15) is 5.56 Å². The van der Waals surface area contributed by atoms with Crippen LogP contribution in [-0.2, 0) is 11.2 Å². The molecule has 0 radical (unpaired) electrons. The van der Waals surface area contributed by atoms with Crippen molar-refractivity contribution in [1.82, 2.24) is 0 Å². The van der Waals surface area contributed by atoms with Crippen LogP contribution in [0.2, 0.25) is 0 Å². The smallest absolute Gasteiger partial charge is 0.162 e. The molecule has 3 heteroatoms. The van der Waals surface area contributed by atoms with E-state index in [2.05, 4.69) is 5.73 Å². The maximum Gasteiger partial charge on any atom is 0.162 e. The fraction of sp³-hybridized carbons (Fsp3) is 0.133. The molecule has 2 rings (SSSR count). The summed E-state index contributed by atoms with van der Waals surface area (Å²) in [5, 5.41) is 0. The van der Waals surface area contributed by atoms with Gasteiger partial charge in [-0.3, -0.25) is 0 Å². The van der Waals surface area contributed by atoms with E-state index in [0.29, 0.717) is 24.4 Å². The molecule has 0 saturated carbocycles. The first-order valence-electron chi connectivity index (χ1n) is 5.62. The first-order chi connectivity index (χ1) is 8.75. The molecular formula is C15H12F2O. The van der Waals surface area contributed by atoms with Crippen LogP contribution in [0.3, 0.4) is 0 Å². The Morgan fingerprint density at radius 2 is 2.00 bits per heavy atom. The Kier molecular flexibility index (Phi) is 4.11. The van der Waals surface area contributed by atoms with Crippen molar-refractivity contribution in [3.8, 4) is 0 Å². The van der Waals surface area contributed by atoms with Crippen molar-refractivity contribution < 1.29 is 13.5 Å². The molecule has 0 fully saturated rings. The van der Waals surface area contributed by atoms with E-state index < -0.39 is 11.6 Å². The van der Waals surface area contributed by atoms with Crippen LogP contribution in [0.15, 0.2) is 60.1 Å². The van der Waals surface area contributed by atoms with Crippen LogP contribution >= 0.6 is 0 Å². The third-order valence-corrected chi connectivity index (χ3v) is 2.44. The lowest BCUT2D eigenvalue weighted by molar-refractivity contribution is 0.228. The fourth-order valence-corrected chi connectivity index (χ4v) is 1.53. The van der Waals surface area contributed by atoms with E-state index in [4.69, 9.17) is 4.74 Å². The molecule has 0 amide bonds. The standard InChI is InChI=1S/C15H12F2O/c16-13-8-7-12(15(17)11-13)9-10-18-14-5-3-1-2-4-6-14/h1-5,7-8,11H,9-10H2. The first-order valence-corrected chi connectivity index (χ1v) is 5.62. The highest BCUT2D eigenvalue weighted by molar-refractivity contribution is 5.24. The minimum Gasteiger partial charge on any atom is -0.486 e. The second kappa shape index (κ2) is 5.99. The van der Waals surface area contributed by atoms with Gasteiger partial charge in [0.05, 0.1) is 6.61 Å². The van der Waals surface area contributed by atoms with Crippen molar-refractivity contribution in [2.24, 2.45) is 0 Å². The van der Waals surface area contributed by atoms with Crippen LogP contribution < -0.4 is 0 Å². The van der Waals surface area contributed by atoms with Crippen LogP contribution in [0.5, 0.6) is 0 Å². The van der Waals surface area contributed by atoms with Crippen molar-refractivity contribution >= 4 is 0 Å². The monoisotopic (exact) mass is 246 g/mol. The van der Waals surface area contributed by atoms with Gasteiger partial charge in [-0.05, 0) is 23.8 Å². The third-order valence-electron chi connectivity index (χ3n) is 2.44. The zero-order valence-electron chi connectivity index (χ0n) is 9.70. The molecule has 1 aromatic carbocycles. The second-order valence-corrected chi connectivity index (χ2v) is 3.75. The normalized spacial score (nSPS) is 13.3. The lowest BCUT2D eigenvalue weighted by Crippen LogP contribution is -2.00. The van der Waals surface area contributed by atoms with Gasteiger partial charge in [0.15, 0.2) is 5.76 Å². The summed E-state index contributed by atoms with van der Waals surface area (Å²) >= 11 is 0. The van der Waals surface area contributed by atoms with Gasteiger partial charge in [0, 0.05) is 12.5 Å². The van der Waals surface area contributed by atoms with E-state index in [9.17, 15) is 8.78 Å². The Morgan fingerprint density at radius 3 is 2.83 bits per heavy atom. The number of benzene rings is 1. The van der Waals surface area contributed by atoms with Crippen molar-refractivity contribution in [1.29, 1.82) is 0 Å². The summed E-state index contributed by atoms with van der Waals surface area (Å²) in [6, 6.07) is 3.56. The molecule has 1 aliphatic rings. The van der Waals surface area contributed by atoms with Gasteiger partial charge in [-0.1, -0.05) is 30.0 Å². The lowest BCUT2D eigenvalue weighted by Gasteiger charge is -2.06. The molecule has 0 bridgehead atoms. The molecule has 0 aliphatic heterocycles. The van der Waals surface area contributed by atoms with E-state index in [1.165, 1.54) is 12.1 Å². The Balaban J connectivity index is 1.91. The average molecular weight is 246 g/mol. The lowest BCUT2D eigenvalue weighted by atomic mass is 10.1. The third kappa shape index (κ3) is 3.44. The predicted octanol–water partition coefficient (Wildman–Crippen LogP) is 3.69. The fourth-order valence-electron chi connectivity index (χ4n) is 1.53. The molecule has 0 unspecified atom stereocenters. The highest BCUT2D eigenvalue weighted by Crippen LogP contribution is 2.11. The van der Waals surface area contributed by atoms with Gasteiger partial charge in [-0.15, -0.1) is 0 Å². The van der Waals surface area contributed by atoms with Crippen LogP contribution in [0, 0.1) is 11.6 Å². The molecule has 1 aliphatic carbocycles. The summed E-state index contributed by atoms with van der Waals surface area (Å²) in [6.07, 6.45) is 9.45. The highest BCUT2D eigenvalue weighted by Gasteiger charge is 2.04. The molecule has 92 valence electrons. The summed E-state index contributed by atoms with van der Waals surface area (Å²) in [4.78, 5) is 0. The summed E-state index contributed by atoms with van der Waals surface area (Å²) < 4.78 is 31.5. The van der Waals surface area contributed by atoms with E-state index in [1.54, 1.807) is 12.2 Å². The molecule has 18 heavy (non-hydrogen) atoms. The van der Waals surface area contributed by atoms with Gasteiger partial charge in [0.2, 0.25) is 0 Å². The van der Waals surface area contributed by atoms with Gasteiger partial charge in [-0.25, -0.2) is 8.78 Å². The molecule has 1 nitrogen and oxygen atoms in total. The molecule has 0 N–H and O–H groups in total. The molecule has 0 atom stereocenters. The minimum absolute atomic E-state index is 0.322. The average Bonchev–Trinajstić information content (AvgIpc) is 2.60. The molecule has 0 heterocycles. The zero-order chi connectivity index (χ0) is 12.8. The van der Waals surface area contributed by atoms with Crippen LogP contribution in [0.4, 0.5) is 8.78 Å². The van der Waals surface area contributed by atoms with Crippen molar-refractivity contribution in [3.05, 3.63) is 77.3 Å². The van der Waals surface area contributed by atoms with Crippen molar-refractivity contribution in [2.45, 2.75) is 6.42 Å². The molecular weight excluding hydrogens is 234 g/mol. The number of hydrogen-bond acceptors (Lipinski definition) is 1. The van der Waals surface area contributed by atoms with Gasteiger partial charge in [-0.2, -0.15) is 0 Å². The number of allylic oxidation sites excluding steroid dienone is 4. The SMILES string of the molecule is Fc1ccc(CCOC2=C=CC=CC=C2)c(F)c1. The van der Waals surface area contributed by atoms with E-state index in [1.807, 2.05) is 18.2 Å². The topological polar surface area (TPSA) is 9.23 Å². The molecule has 0 saturated heterocycles. The van der Waals surface area contributed by atoms with Crippen LogP contribution in [0.25, 0.3) is 0 Å². The predicted molar refractivity (Wildman–Crippen MR) is 65.9 cm³/mol. The quantitative estimate of drug-likeness (QED) is 0.736. The Labute approximate surface area is 104 Å². The summed E-state index contributed by atoms with van der Waals surface area (Å²) in [7, 11) is 0. The van der Waals surface area contributed by atoms with Gasteiger partial charge >= 0.3 is 0 Å². The van der Waals surface area contributed by atoms with E-state index >= 15 is 0 Å². The van der Waals surface area contributed by atoms with Crippen LogP contribution in [-0.4, -0.2) is 6.61 Å². The van der Waals surface area contributed by atoms with E-state index in [0.717, 1.165) is 6.07 Å². The van der Waals surface area contributed by atoms with Crippen molar-refractivity contribution in [3.63, 3.8) is 0 Å². The first kappa shape index (κ1) is 12.3.